The summed E-state index contributed by atoms with van der Waals surface area (Å²) >= 11 is 6.07. The maximum atomic E-state index is 11.9. The lowest BCUT2D eigenvalue weighted by atomic mass is 10.1. The van der Waals surface area contributed by atoms with E-state index in [1.54, 1.807) is 18.5 Å². The number of urea groups is 1. The van der Waals surface area contributed by atoms with Gasteiger partial charge in [0.25, 0.3) is 0 Å². The Morgan fingerprint density at radius 3 is 2.80 bits per heavy atom. The third-order valence-electron chi connectivity index (χ3n) is 2.90. The highest BCUT2D eigenvalue weighted by atomic mass is 35.5. The molecule has 1 atom stereocenters. The van der Waals surface area contributed by atoms with Gasteiger partial charge in [-0.3, -0.25) is 4.98 Å². The molecule has 0 radical (unpaired) electrons. The van der Waals surface area contributed by atoms with E-state index in [0.717, 1.165) is 11.1 Å². The molecule has 2 rings (SSSR count). The molecule has 0 bridgehead atoms. The van der Waals surface area contributed by atoms with Crippen LogP contribution in [0.15, 0.2) is 42.7 Å². The summed E-state index contributed by atoms with van der Waals surface area (Å²) in [5.74, 6) is 0. The third kappa shape index (κ3) is 3.71. The smallest absolute Gasteiger partial charge is 0.319 e. The molecule has 4 nitrogen and oxygen atoms in total. The maximum Gasteiger partial charge on any atom is 0.319 e. The van der Waals surface area contributed by atoms with Crippen LogP contribution in [0.1, 0.15) is 24.1 Å². The summed E-state index contributed by atoms with van der Waals surface area (Å²) in [5.41, 5.74) is 2.58. The van der Waals surface area contributed by atoms with Gasteiger partial charge in [-0.2, -0.15) is 0 Å². The van der Waals surface area contributed by atoms with Crippen LogP contribution in [-0.2, 0) is 0 Å². The second-order valence-electron chi connectivity index (χ2n) is 4.59. The first-order chi connectivity index (χ1) is 9.56. The molecule has 0 spiro atoms. The number of carbonyl (C=O) groups is 1. The quantitative estimate of drug-likeness (QED) is 0.899. The molecule has 5 heteroatoms. The predicted molar refractivity (Wildman–Crippen MR) is 81.0 cm³/mol. The average molecular weight is 290 g/mol. The van der Waals surface area contributed by atoms with Crippen LogP contribution in [0, 0.1) is 6.92 Å². The van der Waals surface area contributed by atoms with Gasteiger partial charge in [-0.15, -0.1) is 0 Å². The lowest BCUT2D eigenvalue weighted by molar-refractivity contribution is 0.249. The Hall–Kier alpha value is -2.07. The largest absolute Gasteiger partial charge is 0.331 e. The summed E-state index contributed by atoms with van der Waals surface area (Å²) in [5, 5.41) is 6.10. The van der Waals surface area contributed by atoms with Crippen LogP contribution in [0.3, 0.4) is 0 Å². The van der Waals surface area contributed by atoms with E-state index in [9.17, 15) is 4.79 Å². The van der Waals surface area contributed by atoms with E-state index < -0.39 is 0 Å². The molecule has 2 N–H and O–H groups in total. The van der Waals surface area contributed by atoms with Gasteiger partial charge >= 0.3 is 6.03 Å². The summed E-state index contributed by atoms with van der Waals surface area (Å²) in [6.45, 7) is 3.84. The van der Waals surface area contributed by atoms with Crippen molar-refractivity contribution in [1.82, 2.24) is 10.3 Å². The van der Waals surface area contributed by atoms with E-state index in [-0.39, 0.29) is 12.1 Å². The zero-order chi connectivity index (χ0) is 14.5. The fraction of sp³-hybridized carbons (Fsp3) is 0.200. The van der Waals surface area contributed by atoms with E-state index in [2.05, 4.69) is 15.6 Å². The fourth-order valence-electron chi connectivity index (χ4n) is 1.79. The standard InChI is InChI=1S/C15H16ClN3O/c1-10-5-6-14(13(16)8-10)19-15(20)18-11(2)12-4-3-7-17-9-12/h3-9,11H,1-2H3,(H2,18,19,20). The summed E-state index contributed by atoms with van der Waals surface area (Å²) in [7, 11) is 0. The molecule has 1 aromatic carbocycles. The number of hydrogen-bond donors (Lipinski definition) is 2. The van der Waals surface area contributed by atoms with Gasteiger partial charge in [0.1, 0.15) is 0 Å². The minimum Gasteiger partial charge on any atom is -0.331 e. The summed E-state index contributed by atoms with van der Waals surface area (Å²) < 4.78 is 0. The molecule has 2 aromatic rings. The molecule has 0 aliphatic heterocycles. The van der Waals surface area contributed by atoms with E-state index in [4.69, 9.17) is 11.6 Å². The summed E-state index contributed by atoms with van der Waals surface area (Å²) in [4.78, 5) is 16.0. The highest BCUT2D eigenvalue weighted by molar-refractivity contribution is 6.33. The van der Waals surface area contributed by atoms with Crippen LogP contribution in [0.4, 0.5) is 10.5 Å². The van der Waals surface area contributed by atoms with Crippen molar-refractivity contribution in [3.05, 3.63) is 58.9 Å². The molecule has 20 heavy (non-hydrogen) atoms. The zero-order valence-electron chi connectivity index (χ0n) is 11.4. The number of aromatic nitrogens is 1. The van der Waals surface area contributed by atoms with Crippen LogP contribution in [0.2, 0.25) is 5.02 Å². The summed E-state index contributed by atoms with van der Waals surface area (Å²) in [6, 6.07) is 8.80. The Bertz CT molecular complexity index is 601. The van der Waals surface area contributed by atoms with Crippen molar-refractivity contribution in [1.29, 1.82) is 0 Å². The predicted octanol–water partition coefficient (Wildman–Crippen LogP) is 3.93. The van der Waals surface area contributed by atoms with Crippen molar-refractivity contribution in [2.24, 2.45) is 0 Å². The second-order valence-corrected chi connectivity index (χ2v) is 5.00. The first-order valence-corrected chi connectivity index (χ1v) is 6.67. The molecule has 0 saturated carbocycles. The first-order valence-electron chi connectivity index (χ1n) is 6.30. The Labute approximate surface area is 123 Å². The maximum absolute atomic E-state index is 11.9. The number of rotatable bonds is 3. The van der Waals surface area contributed by atoms with Crippen molar-refractivity contribution in [3.8, 4) is 0 Å². The van der Waals surface area contributed by atoms with Crippen molar-refractivity contribution in [2.75, 3.05) is 5.32 Å². The number of anilines is 1. The van der Waals surface area contributed by atoms with E-state index in [0.29, 0.717) is 10.7 Å². The summed E-state index contributed by atoms with van der Waals surface area (Å²) in [6.07, 6.45) is 3.42. The van der Waals surface area contributed by atoms with Crippen LogP contribution in [0.5, 0.6) is 0 Å². The number of aryl methyl sites for hydroxylation is 1. The SMILES string of the molecule is Cc1ccc(NC(=O)NC(C)c2cccnc2)c(Cl)c1. The molecule has 2 amide bonds. The number of amides is 2. The fourth-order valence-corrected chi connectivity index (χ4v) is 2.07. The van der Waals surface area contributed by atoms with Gasteiger partial charge in [0.05, 0.1) is 16.8 Å². The number of pyridine rings is 1. The van der Waals surface area contributed by atoms with Gasteiger partial charge in [-0.1, -0.05) is 23.7 Å². The van der Waals surface area contributed by atoms with Crippen molar-refractivity contribution >= 4 is 23.3 Å². The number of nitrogens with zero attached hydrogens (tertiary/aromatic N) is 1. The second kappa shape index (κ2) is 6.39. The number of halogens is 1. The highest BCUT2D eigenvalue weighted by Crippen LogP contribution is 2.22. The van der Waals surface area contributed by atoms with Gasteiger partial charge in [0.2, 0.25) is 0 Å². The number of hydrogen-bond acceptors (Lipinski definition) is 2. The van der Waals surface area contributed by atoms with Gasteiger partial charge < -0.3 is 10.6 Å². The molecular weight excluding hydrogens is 274 g/mol. The van der Waals surface area contributed by atoms with Crippen LogP contribution < -0.4 is 10.6 Å². The van der Waals surface area contributed by atoms with Gasteiger partial charge in [-0.05, 0) is 43.2 Å². The Kier molecular flexibility index (Phi) is 4.58. The Morgan fingerprint density at radius 2 is 2.15 bits per heavy atom. The Morgan fingerprint density at radius 1 is 1.35 bits per heavy atom. The zero-order valence-corrected chi connectivity index (χ0v) is 12.1. The van der Waals surface area contributed by atoms with Gasteiger partial charge in [0, 0.05) is 12.4 Å². The molecule has 0 saturated heterocycles. The molecule has 0 fully saturated rings. The van der Waals surface area contributed by atoms with E-state index >= 15 is 0 Å². The van der Waals surface area contributed by atoms with Crippen LogP contribution >= 0.6 is 11.6 Å². The first kappa shape index (κ1) is 14.3. The molecule has 0 aliphatic rings. The molecule has 0 aliphatic carbocycles. The van der Waals surface area contributed by atoms with Crippen molar-refractivity contribution in [2.45, 2.75) is 19.9 Å². The number of benzene rings is 1. The van der Waals surface area contributed by atoms with Gasteiger partial charge in [0.15, 0.2) is 0 Å². The molecule has 1 unspecified atom stereocenters. The highest BCUT2D eigenvalue weighted by Gasteiger charge is 2.10. The lowest BCUT2D eigenvalue weighted by Crippen LogP contribution is -2.31. The number of nitrogens with one attached hydrogen (secondary N) is 2. The van der Waals surface area contributed by atoms with Crippen LogP contribution in [-0.4, -0.2) is 11.0 Å². The van der Waals surface area contributed by atoms with Gasteiger partial charge in [-0.25, -0.2) is 4.79 Å². The third-order valence-corrected chi connectivity index (χ3v) is 3.22. The van der Waals surface area contributed by atoms with Crippen molar-refractivity contribution < 1.29 is 4.79 Å². The molecule has 1 aromatic heterocycles. The van der Waals surface area contributed by atoms with Crippen LogP contribution in [0.25, 0.3) is 0 Å². The van der Waals surface area contributed by atoms with E-state index in [1.807, 2.05) is 38.1 Å². The van der Waals surface area contributed by atoms with E-state index in [1.165, 1.54) is 0 Å². The lowest BCUT2D eigenvalue weighted by Gasteiger charge is -2.15. The molecular formula is C15H16ClN3O. The minimum absolute atomic E-state index is 0.132. The normalized spacial score (nSPS) is 11.8. The Balaban J connectivity index is 1.99. The number of carbonyl (C=O) groups excluding carboxylic acids is 1. The topological polar surface area (TPSA) is 54.0 Å². The minimum atomic E-state index is -0.299. The monoisotopic (exact) mass is 289 g/mol. The molecule has 104 valence electrons. The molecule has 1 heterocycles. The van der Waals surface area contributed by atoms with Crippen molar-refractivity contribution in [3.63, 3.8) is 0 Å². The average Bonchev–Trinajstić information content (AvgIpc) is 2.43.